The molecular weight excluding hydrogens is 282 g/mol. The zero-order chi connectivity index (χ0) is 16.1. The van der Waals surface area contributed by atoms with E-state index in [0.29, 0.717) is 23.6 Å². The molecule has 0 aliphatic heterocycles. The van der Waals surface area contributed by atoms with Crippen LogP contribution in [0, 0.1) is 0 Å². The number of nitrogens with one attached hydrogen (secondary N) is 2. The second-order valence-corrected chi connectivity index (χ2v) is 4.89. The molecule has 1 atom stereocenters. The fourth-order valence-corrected chi connectivity index (χ4v) is 2.14. The largest absolute Gasteiger partial charge is 0.342 e. The highest BCUT2D eigenvalue weighted by molar-refractivity contribution is 5.96. The van der Waals surface area contributed by atoms with E-state index < -0.39 is 0 Å². The highest BCUT2D eigenvalue weighted by atomic mass is 16.2. The number of carbonyl (C=O) groups excluding carboxylic acids is 2. The first-order valence-electron chi connectivity index (χ1n) is 7.07. The second-order valence-electron chi connectivity index (χ2n) is 4.89. The van der Waals surface area contributed by atoms with Crippen LogP contribution in [0.5, 0.6) is 0 Å². The number of nitrogens with zero attached hydrogens (tertiary/aromatic N) is 3. The molecule has 116 valence electrons. The van der Waals surface area contributed by atoms with Gasteiger partial charge in [-0.3, -0.25) is 9.59 Å². The summed E-state index contributed by atoms with van der Waals surface area (Å²) in [5, 5.41) is 9.62. The van der Waals surface area contributed by atoms with Crippen LogP contribution in [-0.4, -0.2) is 26.6 Å². The van der Waals surface area contributed by atoms with Crippen molar-refractivity contribution in [3.63, 3.8) is 0 Å². The molecule has 2 N–H and O–H groups in total. The highest BCUT2D eigenvalue weighted by Gasteiger charge is 2.16. The van der Waals surface area contributed by atoms with Crippen molar-refractivity contribution in [2.45, 2.75) is 33.4 Å². The molecule has 2 rings (SSSR count). The molecule has 1 aromatic carbocycles. The molecule has 0 bridgehead atoms. The van der Waals surface area contributed by atoms with Gasteiger partial charge in [0.2, 0.25) is 5.91 Å². The van der Waals surface area contributed by atoms with Crippen molar-refractivity contribution in [2.75, 3.05) is 5.32 Å². The molecule has 1 aromatic heterocycles. The van der Waals surface area contributed by atoms with Crippen LogP contribution in [0.2, 0.25) is 0 Å². The van der Waals surface area contributed by atoms with Crippen LogP contribution in [0.1, 0.15) is 43.0 Å². The van der Waals surface area contributed by atoms with Crippen LogP contribution >= 0.6 is 0 Å². The normalized spacial score (nSPS) is 11.8. The lowest BCUT2D eigenvalue weighted by Crippen LogP contribution is -2.29. The Morgan fingerprint density at radius 2 is 2.14 bits per heavy atom. The van der Waals surface area contributed by atoms with E-state index in [1.54, 1.807) is 28.9 Å². The van der Waals surface area contributed by atoms with Crippen molar-refractivity contribution in [2.24, 2.45) is 0 Å². The van der Waals surface area contributed by atoms with Gasteiger partial charge in [-0.2, -0.15) is 5.10 Å². The third-order valence-electron chi connectivity index (χ3n) is 3.13. The number of hydrogen-bond acceptors (Lipinski definition) is 4. The molecule has 0 radical (unpaired) electrons. The van der Waals surface area contributed by atoms with Crippen molar-refractivity contribution in [1.82, 2.24) is 20.1 Å². The van der Waals surface area contributed by atoms with Crippen LogP contribution in [-0.2, 0) is 11.3 Å². The summed E-state index contributed by atoms with van der Waals surface area (Å²) < 4.78 is 1.73. The van der Waals surface area contributed by atoms with Gasteiger partial charge >= 0.3 is 0 Å². The predicted octanol–water partition coefficient (Wildman–Crippen LogP) is 1.75. The predicted molar refractivity (Wildman–Crippen MR) is 82.3 cm³/mol. The van der Waals surface area contributed by atoms with E-state index in [-0.39, 0.29) is 17.9 Å². The Bertz CT molecular complexity index is 680. The van der Waals surface area contributed by atoms with E-state index in [1.165, 1.54) is 13.3 Å². The minimum Gasteiger partial charge on any atom is -0.342 e. The maximum atomic E-state index is 12.3. The number of anilines is 1. The molecule has 2 amide bonds. The van der Waals surface area contributed by atoms with Gasteiger partial charge in [0.15, 0.2) is 0 Å². The van der Waals surface area contributed by atoms with E-state index in [1.807, 2.05) is 13.8 Å². The summed E-state index contributed by atoms with van der Waals surface area (Å²) >= 11 is 0. The molecule has 7 nitrogen and oxygen atoms in total. The molecule has 0 fully saturated rings. The Morgan fingerprint density at radius 3 is 2.82 bits per heavy atom. The quantitative estimate of drug-likeness (QED) is 0.880. The smallest absolute Gasteiger partial charge is 0.251 e. The number of aryl methyl sites for hydroxylation is 1. The summed E-state index contributed by atoms with van der Waals surface area (Å²) in [6.45, 7) is 5.93. The molecule has 0 saturated heterocycles. The van der Waals surface area contributed by atoms with Crippen molar-refractivity contribution in [3.05, 3.63) is 42.0 Å². The Labute approximate surface area is 128 Å². The van der Waals surface area contributed by atoms with Crippen molar-refractivity contribution < 1.29 is 9.59 Å². The number of benzene rings is 1. The molecule has 1 heterocycles. The zero-order valence-electron chi connectivity index (χ0n) is 12.8. The van der Waals surface area contributed by atoms with Gasteiger partial charge in [0.25, 0.3) is 5.91 Å². The summed E-state index contributed by atoms with van der Waals surface area (Å²) in [7, 11) is 0. The van der Waals surface area contributed by atoms with E-state index in [4.69, 9.17) is 0 Å². The third-order valence-corrected chi connectivity index (χ3v) is 3.13. The summed E-state index contributed by atoms with van der Waals surface area (Å²) in [4.78, 5) is 27.5. The van der Waals surface area contributed by atoms with E-state index in [2.05, 4.69) is 20.7 Å². The lowest BCUT2D eigenvalue weighted by molar-refractivity contribution is -0.114. The van der Waals surface area contributed by atoms with E-state index in [9.17, 15) is 9.59 Å². The molecule has 1 unspecified atom stereocenters. The molecule has 7 heteroatoms. The summed E-state index contributed by atoms with van der Waals surface area (Å²) in [5.74, 6) is 0.293. The molecule has 0 saturated carbocycles. The lowest BCUT2D eigenvalue weighted by atomic mass is 10.1. The fourth-order valence-electron chi connectivity index (χ4n) is 2.14. The summed E-state index contributed by atoms with van der Waals surface area (Å²) in [6.07, 6.45) is 1.47. The number of aromatic nitrogens is 3. The summed E-state index contributed by atoms with van der Waals surface area (Å²) in [5.41, 5.74) is 1.06. The van der Waals surface area contributed by atoms with Gasteiger partial charge in [0, 0.05) is 24.7 Å². The zero-order valence-corrected chi connectivity index (χ0v) is 12.8. The molecule has 0 spiro atoms. The van der Waals surface area contributed by atoms with Gasteiger partial charge in [-0.05, 0) is 32.0 Å². The average Bonchev–Trinajstić information content (AvgIpc) is 2.95. The van der Waals surface area contributed by atoms with E-state index >= 15 is 0 Å². The van der Waals surface area contributed by atoms with Gasteiger partial charge in [-0.1, -0.05) is 6.07 Å². The molecule has 0 aliphatic carbocycles. The minimum atomic E-state index is -0.264. The van der Waals surface area contributed by atoms with Gasteiger partial charge in [0.05, 0.1) is 6.04 Å². The average molecular weight is 301 g/mol. The summed E-state index contributed by atoms with van der Waals surface area (Å²) in [6, 6.07) is 6.51. The molecule has 2 aromatic rings. The third kappa shape index (κ3) is 3.69. The monoisotopic (exact) mass is 301 g/mol. The van der Waals surface area contributed by atoms with Gasteiger partial charge in [-0.15, -0.1) is 0 Å². The van der Waals surface area contributed by atoms with Crippen LogP contribution in [0.25, 0.3) is 0 Å². The molecule has 22 heavy (non-hydrogen) atoms. The second kappa shape index (κ2) is 6.84. The van der Waals surface area contributed by atoms with Gasteiger partial charge in [-0.25, -0.2) is 9.67 Å². The maximum absolute atomic E-state index is 12.3. The first-order valence-corrected chi connectivity index (χ1v) is 7.07. The first kappa shape index (κ1) is 15.7. The van der Waals surface area contributed by atoms with Crippen LogP contribution in [0.4, 0.5) is 5.69 Å². The Morgan fingerprint density at radius 1 is 1.36 bits per heavy atom. The number of carbonyl (C=O) groups is 2. The van der Waals surface area contributed by atoms with Crippen molar-refractivity contribution >= 4 is 17.5 Å². The number of amides is 2. The molecular formula is C15H19N5O2. The number of hydrogen-bond donors (Lipinski definition) is 2. The Balaban J connectivity index is 2.10. The standard InChI is InChI=1S/C15H19N5O2/c1-4-20-14(16-9-17-20)10(2)18-15(22)12-6-5-7-13(8-12)19-11(3)21/h5-10H,4H2,1-3H3,(H,18,22)(H,19,21). The van der Waals surface area contributed by atoms with Crippen molar-refractivity contribution in [1.29, 1.82) is 0 Å². The van der Waals surface area contributed by atoms with Gasteiger partial charge in [0.1, 0.15) is 12.2 Å². The van der Waals surface area contributed by atoms with E-state index in [0.717, 1.165) is 0 Å². The topological polar surface area (TPSA) is 88.9 Å². The molecule has 0 aliphatic rings. The van der Waals surface area contributed by atoms with Crippen LogP contribution in [0.15, 0.2) is 30.6 Å². The highest BCUT2D eigenvalue weighted by Crippen LogP contribution is 2.13. The maximum Gasteiger partial charge on any atom is 0.251 e. The minimum absolute atomic E-state index is 0.179. The lowest BCUT2D eigenvalue weighted by Gasteiger charge is -2.14. The fraction of sp³-hybridized carbons (Fsp3) is 0.333. The van der Waals surface area contributed by atoms with Crippen LogP contribution < -0.4 is 10.6 Å². The van der Waals surface area contributed by atoms with Gasteiger partial charge < -0.3 is 10.6 Å². The Kier molecular flexibility index (Phi) is 4.88. The first-order chi connectivity index (χ1) is 10.5. The van der Waals surface area contributed by atoms with Crippen molar-refractivity contribution in [3.8, 4) is 0 Å². The Hall–Kier alpha value is -2.70. The SMILES string of the molecule is CCn1ncnc1C(C)NC(=O)c1cccc(NC(C)=O)c1. The van der Waals surface area contributed by atoms with Crippen LogP contribution in [0.3, 0.4) is 0 Å². The number of rotatable bonds is 5.